The third-order valence-electron chi connectivity index (χ3n) is 3.84. The molecule has 3 aromatic rings. The van der Waals surface area contributed by atoms with Crippen LogP contribution in [0.5, 0.6) is 0 Å². The van der Waals surface area contributed by atoms with Crippen molar-refractivity contribution in [3.63, 3.8) is 0 Å². The van der Waals surface area contributed by atoms with E-state index in [2.05, 4.69) is 10.3 Å². The second kappa shape index (κ2) is 7.22. The van der Waals surface area contributed by atoms with E-state index in [0.29, 0.717) is 10.2 Å². The summed E-state index contributed by atoms with van der Waals surface area (Å²) in [6, 6.07) is 8.21. The number of hydrogen-bond donors (Lipinski definition) is 3. The molecule has 0 aliphatic carbocycles. The van der Waals surface area contributed by atoms with Crippen molar-refractivity contribution in [2.45, 2.75) is 19.9 Å². The fraction of sp³-hybridized carbons (Fsp3) is 0.176. The number of aromatic amines is 1. The molecule has 0 fully saturated rings. The summed E-state index contributed by atoms with van der Waals surface area (Å²) in [5.41, 5.74) is 5.46. The molecule has 0 bridgehead atoms. The first-order valence-electron chi connectivity index (χ1n) is 7.85. The number of aryl methyl sites for hydroxylation is 1. The van der Waals surface area contributed by atoms with Crippen LogP contribution in [0.4, 0.5) is 5.69 Å². The first-order valence-corrected chi connectivity index (χ1v) is 9.07. The lowest BCUT2D eigenvalue weighted by Crippen LogP contribution is -2.29. The van der Waals surface area contributed by atoms with Gasteiger partial charge in [0.15, 0.2) is 4.77 Å². The SMILES string of the molecule is CCc1cc2c(=O)n(CC(=O)Nc3ccccc3C(N)=O)c(=S)[nH]c2s1. The van der Waals surface area contributed by atoms with E-state index in [1.165, 1.54) is 22.0 Å². The second-order valence-corrected chi connectivity index (χ2v) is 7.11. The molecular formula is C17H16N4O3S2. The minimum atomic E-state index is -0.651. The number of amides is 2. The molecule has 0 spiro atoms. The largest absolute Gasteiger partial charge is 0.366 e. The summed E-state index contributed by atoms with van der Waals surface area (Å²) in [4.78, 5) is 41.2. The first kappa shape index (κ1) is 18.0. The number of nitrogens with zero attached hydrogens (tertiary/aromatic N) is 1. The minimum absolute atomic E-state index is 0.172. The van der Waals surface area contributed by atoms with E-state index < -0.39 is 11.8 Å². The number of carbonyl (C=O) groups is 2. The maximum atomic E-state index is 12.7. The fourth-order valence-electron chi connectivity index (χ4n) is 2.55. The van der Waals surface area contributed by atoms with Crippen molar-refractivity contribution in [3.05, 3.63) is 55.9 Å². The van der Waals surface area contributed by atoms with Crippen LogP contribution in [0, 0.1) is 4.77 Å². The summed E-state index contributed by atoms with van der Waals surface area (Å²) in [5.74, 6) is -1.13. The zero-order chi connectivity index (χ0) is 18.8. The van der Waals surface area contributed by atoms with Gasteiger partial charge in [-0.2, -0.15) is 0 Å². The Hall–Kier alpha value is -2.78. The maximum Gasteiger partial charge on any atom is 0.263 e. The molecule has 2 amide bonds. The average Bonchev–Trinajstić information content (AvgIpc) is 3.02. The van der Waals surface area contributed by atoms with Gasteiger partial charge in [0.05, 0.1) is 16.6 Å². The molecule has 0 aliphatic heterocycles. The van der Waals surface area contributed by atoms with Gasteiger partial charge in [-0.3, -0.25) is 19.0 Å². The molecule has 2 aromatic heterocycles. The number of carbonyl (C=O) groups excluding carboxylic acids is 2. The molecule has 0 saturated carbocycles. The highest BCUT2D eigenvalue weighted by atomic mass is 32.1. The van der Waals surface area contributed by atoms with Crippen molar-refractivity contribution in [3.8, 4) is 0 Å². The molecule has 2 heterocycles. The van der Waals surface area contributed by atoms with E-state index in [4.69, 9.17) is 18.0 Å². The highest BCUT2D eigenvalue weighted by molar-refractivity contribution is 7.71. The average molecular weight is 388 g/mol. The highest BCUT2D eigenvalue weighted by Crippen LogP contribution is 2.21. The van der Waals surface area contributed by atoms with Gasteiger partial charge in [-0.15, -0.1) is 11.3 Å². The first-order chi connectivity index (χ1) is 12.4. The summed E-state index contributed by atoms with van der Waals surface area (Å²) in [5, 5.41) is 3.11. The lowest BCUT2D eigenvalue weighted by molar-refractivity contribution is -0.116. The predicted octanol–water partition coefficient (Wildman–Crippen LogP) is 2.42. The number of thiophene rings is 1. The summed E-state index contributed by atoms with van der Waals surface area (Å²) < 4.78 is 1.37. The van der Waals surface area contributed by atoms with Crippen LogP contribution < -0.4 is 16.6 Å². The molecule has 0 radical (unpaired) electrons. The molecule has 0 saturated heterocycles. The van der Waals surface area contributed by atoms with Gasteiger partial charge < -0.3 is 16.0 Å². The van der Waals surface area contributed by atoms with Crippen LogP contribution in [0.3, 0.4) is 0 Å². The standard InChI is InChI=1S/C17H16N4O3S2/c1-2-9-7-11-15(26-9)20-17(25)21(16(11)24)8-13(22)19-12-6-4-3-5-10(12)14(18)23/h3-7H,2,8H2,1H3,(H2,18,23)(H,19,22)(H,20,25). The molecule has 4 N–H and O–H groups in total. The number of primary amides is 1. The van der Waals surface area contributed by atoms with Gasteiger partial charge in [-0.05, 0) is 36.8 Å². The van der Waals surface area contributed by atoms with Crippen LogP contribution in [0.15, 0.2) is 35.1 Å². The Balaban J connectivity index is 1.92. The van der Waals surface area contributed by atoms with Gasteiger partial charge in [0.2, 0.25) is 5.91 Å². The number of rotatable bonds is 5. The zero-order valence-electron chi connectivity index (χ0n) is 13.9. The Morgan fingerprint density at radius 3 is 2.77 bits per heavy atom. The normalized spacial score (nSPS) is 10.8. The van der Waals surface area contributed by atoms with E-state index in [0.717, 1.165) is 11.3 Å². The Kier molecular flexibility index (Phi) is 5.01. The highest BCUT2D eigenvalue weighted by Gasteiger charge is 2.14. The van der Waals surface area contributed by atoms with E-state index in [1.807, 2.05) is 13.0 Å². The minimum Gasteiger partial charge on any atom is -0.366 e. The molecule has 134 valence electrons. The van der Waals surface area contributed by atoms with Gasteiger partial charge in [0.1, 0.15) is 11.4 Å². The summed E-state index contributed by atoms with van der Waals surface area (Å²) >= 11 is 6.70. The topological polar surface area (TPSA) is 110 Å². The van der Waals surface area contributed by atoms with Crippen molar-refractivity contribution in [2.75, 3.05) is 5.32 Å². The molecule has 0 aliphatic rings. The van der Waals surface area contributed by atoms with Crippen molar-refractivity contribution in [1.82, 2.24) is 9.55 Å². The van der Waals surface area contributed by atoms with Crippen molar-refractivity contribution < 1.29 is 9.59 Å². The molecule has 7 nitrogen and oxygen atoms in total. The molecule has 3 rings (SSSR count). The number of para-hydroxylation sites is 1. The summed E-state index contributed by atoms with van der Waals surface area (Å²) in [6.45, 7) is 1.73. The van der Waals surface area contributed by atoms with E-state index >= 15 is 0 Å². The van der Waals surface area contributed by atoms with Crippen LogP contribution in [0.2, 0.25) is 0 Å². The third kappa shape index (κ3) is 3.44. The maximum absolute atomic E-state index is 12.7. The number of benzene rings is 1. The Labute approximate surface area is 157 Å². The molecule has 1 aromatic carbocycles. The molecule has 9 heteroatoms. The molecule has 0 unspecified atom stereocenters. The van der Waals surface area contributed by atoms with Crippen LogP contribution >= 0.6 is 23.6 Å². The van der Waals surface area contributed by atoms with E-state index in [1.54, 1.807) is 18.2 Å². The third-order valence-corrected chi connectivity index (χ3v) is 5.36. The smallest absolute Gasteiger partial charge is 0.263 e. The van der Waals surface area contributed by atoms with Gasteiger partial charge >= 0.3 is 0 Å². The van der Waals surface area contributed by atoms with Crippen LogP contribution in [-0.4, -0.2) is 21.4 Å². The van der Waals surface area contributed by atoms with E-state index in [-0.39, 0.29) is 28.1 Å². The Morgan fingerprint density at radius 2 is 2.08 bits per heavy atom. The zero-order valence-corrected chi connectivity index (χ0v) is 15.5. The number of anilines is 1. The fourth-order valence-corrected chi connectivity index (χ4v) is 3.86. The quantitative estimate of drug-likeness (QED) is 0.583. The summed E-state index contributed by atoms with van der Waals surface area (Å²) in [7, 11) is 0. The van der Waals surface area contributed by atoms with Crippen LogP contribution in [0.25, 0.3) is 10.2 Å². The predicted molar refractivity (Wildman–Crippen MR) is 104 cm³/mol. The lowest BCUT2D eigenvalue weighted by Gasteiger charge is -2.10. The molecule has 0 atom stereocenters. The molecule has 26 heavy (non-hydrogen) atoms. The second-order valence-electron chi connectivity index (χ2n) is 5.59. The number of hydrogen-bond acceptors (Lipinski definition) is 5. The Morgan fingerprint density at radius 1 is 1.35 bits per heavy atom. The van der Waals surface area contributed by atoms with Gasteiger partial charge in [-0.1, -0.05) is 19.1 Å². The van der Waals surface area contributed by atoms with Crippen molar-refractivity contribution in [1.29, 1.82) is 0 Å². The van der Waals surface area contributed by atoms with Crippen molar-refractivity contribution >= 4 is 51.3 Å². The van der Waals surface area contributed by atoms with E-state index in [9.17, 15) is 14.4 Å². The number of nitrogens with two attached hydrogens (primary N) is 1. The van der Waals surface area contributed by atoms with Gasteiger partial charge in [0.25, 0.3) is 11.5 Å². The van der Waals surface area contributed by atoms with Crippen LogP contribution in [0.1, 0.15) is 22.2 Å². The van der Waals surface area contributed by atoms with Gasteiger partial charge in [0, 0.05) is 4.88 Å². The Bertz CT molecular complexity index is 1130. The monoisotopic (exact) mass is 388 g/mol. The lowest BCUT2D eigenvalue weighted by atomic mass is 10.1. The summed E-state index contributed by atoms with van der Waals surface area (Å²) in [6.07, 6.45) is 0.809. The number of fused-ring (bicyclic) bond motifs is 1. The number of H-pyrrole nitrogens is 1. The number of nitrogens with one attached hydrogen (secondary N) is 2. The molecular weight excluding hydrogens is 372 g/mol. The van der Waals surface area contributed by atoms with Gasteiger partial charge in [-0.25, -0.2) is 0 Å². The number of aromatic nitrogens is 2. The van der Waals surface area contributed by atoms with Crippen molar-refractivity contribution in [2.24, 2.45) is 5.73 Å². The van der Waals surface area contributed by atoms with Crippen LogP contribution in [-0.2, 0) is 17.8 Å².